The molecule has 0 saturated heterocycles. The maximum atomic E-state index is 10.1. The molecule has 0 fully saturated rings. The van der Waals surface area contributed by atoms with Gasteiger partial charge in [0.1, 0.15) is 0 Å². The molecule has 0 amide bonds. The summed E-state index contributed by atoms with van der Waals surface area (Å²) in [5, 5.41) is 20.1. The van der Waals surface area contributed by atoms with Crippen LogP contribution in [0, 0.1) is 10.4 Å². The molecular weight excluding hydrogens is 227 g/mol. The van der Waals surface area contributed by atoms with Crippen molar-refractivity contribution in [2.24, 2.45) is 0 Å². The van der Waals surface area contributed by atoms with Gasteiger partial charge in [0, 0.05) is 0 Å². The van der Waals surface area contributed by atoms with E-state index < -0.39 is 21.5 Å². The second-order valence-corrected chi connectivity index (χ2v) is 2.66. The van der Waals surface area contributed by atoms with Gasteiger partial charge in [0.2, 0.25) is 0 Å². The normalized spacial score (nSPS) is 11.8. The Bertz CT molecular complexity index is 61.2. The third-order valence-electron chi connectivity index (χ3n) is 0.317. The van der Waals surface area contributed by atoms with Crippen molar-refractivity contribution in [1.29, 1.82) is 0 Å². The standard InChI is InChI=1S/C2H6IN2O3/c1-3-5(7)8-4(2)6/h1-2H3/q-3. The third kappa shape index (κ3) is 4.68. The van der Waals surface area contributed by atoms with Gasteiger partial charge in [0.25, 0.3) is 0 Å². The first-order chi connectivity index (χ1) is 3.66. The van der Waals surface area contributed by atoms with Crippen LogP contribution in [0.4, 0.5) is 0 Å². The summed E-state index contributed by atoms with van der Waals surface area (Å²) in [6.07, 6.45) is 0. The Morgan fingerprint density at radius 2 is 2.00 bits per heavy atom. The third-order valence-corrected chi connectivity index (χ3v) is 1.28. The van der Waals surface area contributed by atoms with E-state index in [1.807, 2.05) is 0 Å². The molecule has 0 aliphatic carbocycles. The van der Waals surface area contributed by atoms with Crippen LogP contribution in [-0.2, 0) is 4.94 Å². The molecule has 0 spiro atoms. The summed E-state index contributed by atoms with van der Waals surface area (Å²) in [6, 6.07) is 0. The molecule has 0 atom stereocenters. The molecule has 0 radical (unpaired) electrons. The summed E-state index contributed by atoms with van der Waals surface area (Å²) in [7, 11) is 1.12. The molecule has 0 unspecified atom stereocenters. The second-order valence-electron chi connectivity index (χ2n) is 0.903. The Hall–Kier alpha value is 0.530. The zero-order valence-corrected chi connectivity index (χ0v) is 6.65. The van der Waals surface area contributed by atoms with E-state index >= 15 is 0 Å². The van der Waals surface area contributed by atoms with Gasteiger partial charge in [-0.3, -0.25) is 0 Å². The van der Waals surface area contributed by atoms with Crippen LogP contribution >= 0.6 is 0 Å². The van der Waals surface area contributed by atoms with Crippen molar-refractivity contribution in [3.8, 4) is 0 Å². The van der Waals surface area contributed by atoms with E-state index in [0.29, 0.717) is 3.44 Å². The summed E-state index contributed by atoms with van der Waals surface area (Å²) in [5.74, 6) is 0. The Kier molecular flexibility index (Phi) is 4.71. The van der Waals surface area contributed by atoms with Crippen molar-refractivity contribution >= 4 is 0 Å². The van der Waals surface area contributed by atoms with Gasteiger partial charge in [0.15, 0.2) is 0 Å². The van der Waals surface area contributed by atoms with Gasteiger partial charge in [-0.1, -0.05) is 0 Å². The van der Waals surface area contributed by atoms with E-state index in [9.17, 15) is 10.4 Å². The van der Waals surface area contributed by atoms with Gasteiger partial charge >= 0.3 is 57.5 Å². The van der Waals surface area contributed by atoms with Crippen molar-refractivity contribution in [2.45, 2.75) is 0 Å². The molecule has 0 aromatic heterocycles. The van der Waals surface area contributed by atoms with E-state index in [-0.39, 0.29) is 5.23 Å². The number of rotatable bonds is 3. The molecule has 0 N–H and O–H groups in total. The Balaban J connectivity index is 3.10. The van der Waals surface area contributed by atoms with Crippen LogP contribution < -0.4 is 21.5 Å². The van der Waals surface area contributed by atoms with Crippen LogP contribution in [0.5, 0.6) is 0 Å². The zero-order chi connectivity index (χ0) is 6.57. The SMILES string of the molecule is C[I-]N([O-])ON(C)[O-]. The topological polar surface area (TPSA) is 61.8 Å². The Morgan fingerprint density at radius 1 is 1.50 bits per heavy atom. The quantitative estimate of drug-likeness (QED) is 0.221. The number of hydrogen-bond acceptors (Lipinski definition) is 5. The first kappa shape index (κ1) is 8.53. The Morgan fingerprint density at radius 3 is 2.12 bits per heavy atom. The molecule has 0 aliphatic rings. The predicted molar refractivity (Wildman–Crippen MR) is 23.3 cm³/mol. The molecule has 5 nitrogen and oxygen atoms in total. The molecule has 0 aromatic rings. The van der Waals surface area contributed by atoms with Crippen molar-refractivity contribution < 1.29 is 26.4 Å². The fourth-order valence-electron chi connectivity index (χ4n) is 0.121. The van der Waals surface area contributed by atoms with Crippen LogP contribution in [0.2, 0.25) is 0 Å². The molecule has 8 heavy (non-hydrogen) atoms. The van der Waals surface area contributed by atoms with E-state index in [1.54, 1.807) is 4.93 Å². The molecule has 6 heteroatoms. The molecule has 0 aliphatic heterocycles. The van der Waals surface area contributed by atoms with Crippen molar-refractivity contribution in [3.63, 3.8) is 0 Å². The van der Waals surface area contributed by atoms with Crippen molar-refractivity contribution in [2.75, 3.05) is 12.0 Å². The van der Waals surface area contributed by atoms with E-state index in [1.165, 1.54) is 0 Å². The fourth-order valence-corrected chi connectivity index (χ4v) is 0.545. The van der Waals surface area contributed by atoms with Crippen molar-refractivity contribution in [1.82, 2.24) is 8.67 Å². The molecule has 0 saturated carbocycles. The van der Waals surface area contributed by atoms with Gasteiger partial charge in [-0.15, -0.1) is 0 Å². The minimum absolute atomic E-state index is 0.121. The molecule has 0 aromatic carbocycles. The zero-order valence-electron chi connectivity index (χ0n) is 4.50. The first-order valence-corrected chi connectivity index (χ1v) is 4.85. The number of halogens is 1. The van der Waals surface area contributed by atoms with Crippen LogP contribution in [0.3, 0.4) is 0 Å². The van der Waals surface area contributed by atoms with Gasteiger partial charge in [-0.2, -0.15) is 0 Å². The first-order valence-electron chi connectivity index (χ1n) is 1.72. The Labute approximate surface area is 57.9 Å². The van der Waals surface area contributed by atoms with E-state index in [2.05, 4.69) is 4.94 Å². The van der Waals surface area contributed by atoms with Crippen LogP contribution in [0.25, 0.3) is 0 Å². The number of nitrogens with zero attached hydrogens (tertiary/aromatic N) is 2. The summed E-state index contributed by atoms with van der Waals surface area (Å²) >= 11 is -0.675. The van der Waals surface area contributed by atoms with Crippen molar-refractivity contribution in [3.05, 3.63) is 10.4 Å². The maximum absolute atomic E-state index is 10.1. The minimum atomic E-state index is -0.675. The van der Waals surface area contributed by atoms with Crippen LogP contribution in [0.15, 0.2) is 0 Å². The summed E-state index contributed by atoms with van der Waals surface area (Å²) < 4.78 is 0.297. The van der Waals surface area contributed by atoms with Gasteiger partial charge in [0.05, 0.1) is 0 Å². The average Bonchev–Trinajstić information content (AvgIpc) is 1.65. The molecular formula is C2H6IN2O3-3. The summed E-state index contributed by atoms with van der Waals surface area (Å²) in [5.41, 5.74) is 0. The van der Waals surface area contributed by atoms with Crippen LogP contribution in [0.1, 0.15) is 0 Å². The summed E-state index contributed by atoms with van der Waals surface area (Å²) in [6.45, 7) is 0. The van der Waals surface area contributed by atoms with Crippen LogP contribution in [-0.4, -0.2) is 20.6 Å². The summed E-state index contributed by atoms with van der Waals surface area (Å²) in [4.78, 5) is 5.69. The van der Waals surface area contributed by atoms with Gasteiger partial charge < -0.3 is 0 Å². The fraction of sp³-hybridized carbons (Fsp3) is 1.00. The molecule has 52 valence electrons. The predicted octanol–water partition coefficient (Wildman–Crippen LogP) is -3.30. The van der Waals surface area contributed by atoms with Gasteiger partial charge in [-0.05, 0) is 0 Å². The van der Waals surface area contributed by atoms with E-state index in [4.69, 9.17) is 0 Å². The monoisotopic (exact) mass is 233 g/mol. The average molecular weight is 233 g/mol. The molecule has 0 bridgehead atoms. The molecule has 0 rings (SSSR count). The number of alkyl halides is 1. The number of hydroxylamine groups is 2. The van der Waals surface area contributed by atoms with E-state index in [0.717, 1.165) is 7.05 Å². The van der Waals surface area contributed by atoms with Gasteiger partial charge in [-0.25, -0.2) is 0 Å². The molecule has 0 heterocycles. The second kappa shape index (κ2) is 4.41. The number of hydrogen-bond donors (Lipinski definition) is 0.